The molecule has 0 bridgehead atoms. The highest BCUT2D eigenvalue weighted by Crippen LogP contribution is 2.39. The second-order valence-corrected chi connectivity index (χ2v) is 11.6. The number of carbonyl (C=O) groups excluding carboxylic acids is 6. The molecule has 1 heterocycles. The summed E-state index contributed by atoms with van der Waals surface area (Å²) in [5, 5.41) is 10.5. The Morgan fingerprint density at radius 2 is 1.71 bits per heavy atom. The number of alkyl carbamates (subject to hydrolysis) is 1. The van der Waals surface area contributed by atoms with Crippen LogP contribution in [-0.4, -0.2) is 84.8 Å². The third-order valence-electron chi connectivity index (χ3n) is 8.31. The number of carbonyl (C=O) groups is 6. The third kappa shape index (κ3) is 9.02. The summed E-state index contributed by atoms with van der Waals surface area (Å²) in [6.45, 7) is 7.46. The topological polar surface area (TPSA) is 163 Å². The van der Waals surface area contributed by atoms with Crippen molar-refractivity contribution in [3.8, 4) is 0 Å². The lowest BCUT2D eigenvalue weighted by atomic mass is 9.70. The van der Waals surface area contributed by atoms with Crippen LogP contribution in [0.4, 0.5) is 4.79 Å². The van der Waals surface area contributed by atoms with Crippen molar-refractivity contribution in [1.82, 2.24) is 26.2 Å². The molecule has 5 amide bonds. The van der Waals surface area contributed by atoms with Gasteiger partial charge in [0.1, 0.15) is 12.1 Å². The molecule has 3 rings (SSSR count). The van der Waals surface area contributed by atoms with Crippen LogP contribution in [-0.2, 0) is 28.7 Å². The number of ketones is 1. The van der Waals surface area contributed by atoms with Crippen molar-refractivity contribution in [2.24, 2.45) is 11.3 Å². The predicted octanol–water partition coefficient (Wildman–Crippen LogP) is 1.33. The number of hydrogen-bond acceptors (Lipinski definition) is 7. The van der Waals surface area contributed by atoms with Gasteiger partial charge in [0.15, 0.2) is 0 Å². The highest BCUT2D eigenvalue weighted by Gasteiger charge is 2.42. The molecule has 0 radical (unpaired) electrons. The predicted molar refractivity (Wildman–Crippen MR) is 150 cm³/mol. The molecule has 3 fully saturated rings. The highest BCUT2D eigenvalue weighted by atomic mass is 16.5. The molecule has 41 heavy (non-hydrogen) atoms. The molecule has 3 atom stereocenters. The summed E-state index contributed by atoms with van der Waals surface area (Å²) in [4.78, 5) is 78.4. The van der Waals surface area contributed by atoms with E-state index < -0.39 is 59.0 Å². The van der Waals surface area contributed by atoms with E-state index in [4.69, 9.17) is 4.74 Å². The molecule has 1 saturated heterocycles. The minimum absolute atomic E-state index is 0.139. The molecule has 1 aliphatic heterocycles. The summed E-state index contributed by atoms with van der Waals surface area (Å²) >= 11 is 0. The molecular weight excluding hydrogens is 530 g/mol. The van der Waals surface area contributed by atoms with Crippen LogP contribution in [0.3, 0.4) is 0 Å². The van der Waals surface area contributed by atoms with Crippen molar-refractivity contribution in [1.29, 1.82) is 0 Å². The van der Waals surface area contributed by atoms with Gasteiger partial charge in [0, 0.05) is 13.1 Å². The fourth-order valence-corrected chi connectivity index (χ4v) is 5.80. The maximum atomic E-state index is 13.3. The van der Waals surface area contributed by atoms with Crippen molar-refractivity contribution in [2.45, 2.75) is 96.2 Å². The van der Waals surface area contributed by atoms with Gasteiger partial charge in [0.2, 0.25) is 23.5 Å². The molecular formula is C29H45N5O7. The van der Waals surface area contributed by atoms with E-state index in [1.54, 1.807) is 6.92 Å². The number of ether oxygens (including phenoxy) is 1. The minimum atomic E-state index is -0.969. The lowest BCUT2D eigenvalue weighted by Gasteiger charge is -2.39. The van der Waals surface area contributed by atoms with Crippen molar-refractivity contribution in [2.75, 3.05) is 26.2 Å². The van der Waals surface area contributed by atoms with Crippen LogP contribution < -0.4 is 21.3 Å². The number of rotatable bonds is 14. The van der Waals surface area contributed by atoms with Gasteiger partial charge in [-0.2, -0.15) is 0 Å². The van der Waals surface area contributed by atoms with Crippen LogP contribution >= 0.6 is 0 Å². The highest BCUT2D eigenvalue weighted by molar-refractivity contribution is 6.38. The number of likely N-dealkylation sites (tertiary alicyclic amines) is 1. The zero-order chi connectivity index (χ0) is 30.0. The second kappa shape index (κ2) is 15.0. The molecule has 2 saturated carbocycles. The van der Waals surface area contributed by atoms with Crippen LogP contribution in [0.15, 0.2) is 12.7 Å². The van der Waals surface area contributed by atoms with Gasteiger partial charge in [0.05, 0.1) is 19.2 Å². The largest absolute Gasteiger partial charge is 0.450 e. The zero-order valence-electron chi connectivity index (χ0n) is 24.3. The molecule has 12 nitrogen and oxygen atoms in total. The molecule has 3 aliphatic rings. The monoisotopic (exact) mass is 575 g/mol. The molecule has 0 spiro atoms. The van der Waals surface area contributed by atoms with Crippen LogP contribution in [0, 0.1) is 11.3 Å². The molecule has 0 aromatic heterocycles. The number of hydrogen-bond donors (Lipinski definition) is 4. The molecule has 3 unspecified atom stereocenters. The first kappa shape index (κ1) is 32.1. The maximum absolute atomic E-state index is 13.3. The van der Waals surface area contributed by atoms with E-state index >= 15 is 0 Å². The van der Waals surface area contributed by atoms with Gasteiger partial charge >= 0.3 is 6.09 Å². The standard InChI is InChI=1S/C29H45N5O7/c1-4-15-30-26(38)23(36)20(17-19-11-12-19)32-25(37)21-10-9-16-34(21)22(35)18-31-27(39)24(33-28(40)41-5-2)29(3)13-7-6-8-14-29/h4,19-21,24H,1,5-18H2,2-3H3,(H,30,38)(H,31,39)(H,32,37)(H,33,40). The Hall–Kier alpha value is -3.44. The van der Waals surface area contributed by atoms with Crippen LogP contribution in [0.2, 0.25) is 0 Å². The van der Waals surface area contributed by atoms with Gasteiger partial charge in [-0.25, -0.2) is 4.79 Å². The summed E-state index contributed by atoms with van der Waals surface area (Å²) < 4.78 is 5.01. The van der Waals surface area contributed by atoms with E-state index in [2.05, 4.69) is 27.8 Å². The van der Waals surface area contributed by atoms with Gasteiger partial charge < -0.3 is 30.9 Å². The molecule has 0 aromatic rings. The van der Waals surface area contributed by atoms with Crippen LogP contribution in [0.25, 0.3) is 0 Å². The van der Waals surface area contributed by atoms with E-state index in [0.29, 0.717) is 25.8 Å². The number of amides is 5. The van der Waals surface area contributed by atoms with Gasteiger partial charge in [-0.1, -0.05) is 45.1 Å². The van der Waals surface area contributed by atoms with E-state index in [0.717, 1.165) is 44.9 Å². The van der Waals surface area contributed by atoms with E-state index in [1.807, 2.05) is 6.92 Å². The lowest BCUT2D eigenvalue weighted by Crippen LogP contribution is -2.58. The van der Waals surface area contributed by atoms with Gasteiger partial charge in [-0.3, -0.25) is 24.0 Å². The Morgan fingerprint density at radius 1 is 1.00 bits per heavy atom. The maximum Gasteiger partial charge on any atom is 0.407 e. The second-order valence-electron chi connectivity index (χ2n) is 11.6. The number of Topliss-reactive ketones (excluding diaryl/α,β-unsaturated/α-hetero) is 1. The summed E-state index contributed by atoms with van der Waals surface area (Å²) in [6.07, 6.45) is 8.47. The number of nitrogens with one attached hydrogen (secondary N) is 4. The Bertz CT molecular complexity index is 1010. The first-order chi connectivity index (χ1) is 19.6. The average Bonchev–Trinajstić information content (AvgIpc) is 3.63. The van der Waals surface area contributed by atoms with Gasteiger partial charge in [0.25, 0.3) is 5.91 Å². The fraction of sp³-hybridized carbons (Fsp3) is 0.724. The Morgan fingerprint density at radius 3 is 2.34 bits per heavy atom. The van der Waals surface area contributed by atoms with Crippen molar-refractivity contribution < 1.29 is 33.5 Å². The van der Waals surface area contributed by atoms with Crippen molar-refractivity contribution >= 4 is 35.5 Å². The quantitative estimate of drug-likeness (QED) is 0.179. The van der Waals surface area contributed by atoms with Gasteiger partial charge in [-0.15, -0.1) is 6.58 Å². The molecule has 4 N–H and O–H groups in total. The molecule has 0 aromatic carbocycles. The smallest absolute Gasteiger partial charge is 0.407 e. The first-order valence-corrected chi connectivity index (χ1v) is 14.8. The van der Waals surface area contributed by atoms with Crippen molar-refractivity contribution in [3.63, 3.8) is 0 Å². The Balaban J connectivity index is 1.61. The summed E-state index contributed by atoms with van der Waals surface area (Å²) in [6, 6.07) is -2.65. The molecule has 2 aliphatic carbocycles. The Labute approximate surface area is 241 Å². The fourth-order valence-electron chi connectivity index (χ4n) is 5.80. The zero-order valence-corrected chi connectivity index (χ0v) is 24.3. The van der Waals surface area contributed by atoms with Crippen LogP contribution in [0.1, 0.15) is 78.1 Å². The summed E-state index contributed by atoms with van der Waals surface area (Å²) in [5.41, 5.74) is -0.477. The molecule has 228 valence electrons. The normalized spacial score (nSPS) is 21.1. The summed E-state index contributed by atoms with van der Waals surface area (Å²) in [5.74, 6) is -2.63. The van der Waals surface area contributed by atoms with Gasteiger partial charge in [-0.05, 0) is 50.4 Å². The van der Waals surface area contributed by atoms with Crippen molar-refractivity contribution in [3.05, 3.63) is 12.7 Å². The van der Waals surface area contributed by atoms with E-state index in [9.17, 15) is 28.8 Å². The SMILES string of the molecule is C=CCNC(=O)C(=O)C(CC1CC1)NC(=O)C1CCCN1C(=O)CNC(=O)C(NC(=O)OCC)C1(C)CCCCC1. The molecule has 12 heteroatoms. The first-order valence-electron chi connectivity index (χ1n) is 14.8. The minimum Gasteiger partial charge on any atom is -0.450 e. The summed E-state index contributed by atoms with van der Waals surface area (Å²) in [7, 11) is 0. The van der Waals surface area contributed by atoms with E-state index in [-0.39, 0.29) is 25.6 Å². The third-order valence-corrected chi connectivity index (χ3v) is 8.31. The van der Waals surface area contributed by atoms with E-state index in [1.165, 1.54) is 11.0 Å². The van der Waals surface area contributed by atoms with Crippen LogP contribution in [0.5, 0.6) is 0 Å². The lowest BCUT2D eigenvalue weighted by molar-refractivity contribution is -0.142. The Kier molecular flexibility index (Phi) is 11.7. The number of nitrogens with zero attached hydrogens (tertiary/aromatic N) is 1. The average molecular weight is 576 g/mol.